The zero-order valence-electron chi connectivity index (χ0n) is 8.66. The quantitative estimate of drug-likeness (QED) is 0.654. The van der Waals surface area contributed by atoms with Gasteiger partial charge in [0, 0.05) is 0 Å². The van der Waals surface area contributed by atoms with Crippen LogP contribution < -0.4 is 5.32 Å². The van der Waals surface area contributed by atoms with E-state index in [-0.39, 0.29) is 23.9 Å². The van der Waals surface area contributed by atoms with Crippen molar-refractivity contribution in [2.24, 2.45) is 11.8 Å². The Bertz CT molecular complexity index is 300. The van der Waals surface area contributed by atoms with Crippen LogP contribution in [-0.2, 0) is 14.3 Å². The van der Waals surface area contributed by atoms with Crippen molar-refractivity contribution in [3.05, 3.63) is 0 Å². The summed E-state index contributed by atoms with van der Waals surface area (Å²) >= 11 is 0. The first kappa shape index (κ1) is 9.49. The van der Waals surface area contributed by atoms with Gasteiger partial charge in [-0.3, -0.25) is 4.79 Å². The molecule has 1 N–H and O–H groups in total. The van der Waals surface area contributed by atoms with Crippen LogP contribution in [0.1, 0.15) is 27.2 Å². The zero-order valence-corrected chi connectivity index (χ0v) is 8.66. The van der Waals surface area contributed by atoms with Crippen molar-refractivity contribution in [1.82, 2.24) is 5.32 Å². The zero-order chi connectivity index (χ0) is 10.5. The van der Waals surface area contributed by atoms with Gasteiger partial charge in [-0.1, -0.05) is 13.8 Å². The number of fused-ring (bicyclic) bond motifs is 1. The Morgan fingerprint density at radius 2 is 2.14 bits per heavy atom. The number of esters is 1. The largest absolute Gasteiger partial charge is 0.457 e. The number of ether oxygens (including phenoxy) is 1. The van der Waals surface area contributed by atoms with Crippen LogP contribution in [0.15, 0.2) is 0 Å². The minimum atomic E-state index is -0.704. The molecule has 78 valence electrons. The Morgan fingerprint density at radius 1 is 1.50 bits per heavy atom. The van der Waals surface area contributed by atoms with Crippen LogP contribution >= 0.6 is 0 Å². The van der Waals surface area contributed by atoms with Gasteiger partial charge < -0.3 is 10.1 Å². The van der Waals surface area contributed by atoms with Crippen LogP contribution in [0.4, 0.5) is 0 Å². The summed E-state index contributed by atoms with van der Waals surface area (Å²) in [5, 5.41) is 2.78. The average molecular weight is 197 g/mol. The minimum absolute atomic E-state index is 0.0681. The summed E-state index contributed by atoms with van der Waals surface area (Å²) < 4.78 is 5.03. The van der Waals surface area contributed by atoms with Crippen LogP contribution in [-0.4, -0.2) is 23.5 Å². The molecule has 0 aliphatic carbocycles. The number of rotatable bonds is 2. The lowest BCUT2D eigenvalue weighted by molar-refractivity contribution is -0.193. The number of hydrogen-bond acceptors (Lipinski definition) is 3. The molecule has 2 aliphatic heterocycles. The molecule has 4 nitrogen and oxygen atoms in total. The third-order valence-electron chi connectivity index (χ3n) is 3.03. The van der Waals surface area contributed by atoms with Crippen LogP contribution in [0.5, 0.6) is 0 Å². The Hall–Kier alpha value is -1.06. The summed E-state index contributed by atoms with van der Waals surface area (Å²) in [4.78, 5) is 22.8. The molecule has 0 radical (unpaired) electrons. The van der Waals surface area contributed by atoms with E-state index in [2.05, 4.69) is 5.32 Å². The molecule has 2 heterocycles. The summed E-state index contributed by atoms with van der Waals surface area (Å²) in [6.07, 6.45) is 0.428. The highest BCUT2D eigenvalue weighted by atomic mass is 16.6. The third kappa shape index (κ3) is 0.996. The van der Waals surface area contributed by atoms with Crippen molar-refractivity contribution >= 4 is 11.9 Å². The van der Waals surface area contributed by atoms with Crippen LogP contribution in [0.3, 0.4) is 0 Å². The molecule has 4 heteroatoms. The molecular weight excluding hydrogens is 182 g/mol. The second-order valence-corrected chi connectivity index (χ2v) is 4.67. The number of hydrogen-bond donors (Lipinski definition) is 1. The smallest absolute Gasteiger partial charge is 0.336 e. The summed E-state index contributed by atoms with van der Waals surface area (Å²) in [7, 11) is 0. The van der Waals surface area contributed by atoms with Gasteiger partial charge in [0.15, 0.2) is 5.54 Å². The lowest BCUT2D eigenvalue weighted by Crippen LogP contribution is -2.67. The van der Waals surface area contributed by atoms with Gasteiger partial charge in [-0.2, -0.15) is 0 Å². The fourth-order valence-corrected chi connectivity index (χ4v) is 2.40. The van der Waals surface area contributed by atoms with Gasteiger partial charge in [0.2, 0.25) is 5.91 Å². The Labute approximate surface area is 83.0 Å². The molecule has 3 atom stereocenters. The standard InChI is InChI=1S/C10H15NO3/c1-5(2)4-10-7(14-9(10)13)6(3)8(12)11-10/h5-7H,4H2,1-3H3,(H,11,12). The van der Waals surface area contributed by atoms with Crippen LogP contribution in [0.2, 0.25) is 0 Å². The highest BCUT2D eigenvalue weighted by Gasteiger charge is 2.66. The molecule has 3 unspecified atom stereocenters. The predicted molar refractivity (Wildman–Crippen MR) is 49.4 cm³/mol. The molecule has 0 aromatic rings. The molecule has 0 aromatic carbocycles. The summed E-state index contributed by atoms with van der Waals surface area (Å²) in [5.41, 5.74) is -0.704. The highest BCUT2D eigenvalue weighted by Crippen LogP contribution is 2.42. The Kier molecular flexibility index (Phi) is 1.84. The second-order valence-electron chi connectivity index (χ2n) is 4.67. The van der Waals surface area contributed by atoms with Crippen molar-refractivity contribution in [2.75, 3.05) is 0 Å². The first-order valence-corrected chi connectivity index (χ1v) is 5.00. The molecule has 14 heavy (non-hydrogen) atoms. The van der Waals surface area contributed by atoms with E-state index in [4.69, 9.17) is 4.74 Å². The van der Waals surface area contributed by atoms with Gasteiger partial charge in [-0.05, 0) is 19.3 Å². The monoisotopic (exact) mass is 197 g/mol. The van der Waals surface area contributed by atoms with Gasteiger partial charge >= 0.3 is 5.97 Å². The minimum Gasteiger partial charge on any atom is -0.457 e. The van der Waals surface area contributed by atoms with E-state index in [1.54, 1.807) is 6.92 Å². The summed E-state index contributed by atoms with van der Waals surface area (Å²) in [5.74, 6) is -0.169. The fraction of sp³-hybridized carbons (Fsp3) is 0.800. The molecular formula is C10H15NO3. The maximum atomic E-state index is 11.4. The normalized spacial score (nSPS) is 40.3. The van der Waals surface area contributed by atoms with E-state index in [9.17, 15) is 9.59 Å². The highest BCUT2D eigenvalue weighted by molar-refractivity contribution is 5.99. The Morgan fingerprint density at radius 3 is 2.57 bits per heavy atom. The van der Waals surface area contributed by atoms with Gasteiger partial charge in [-0.25, -0.2) is 4.79 Å². The second kappa shape index (κ2) is 2.72. The van der Waals surface area contributed by atoms with Gasteiger partial charge in [0.25, 0.3) is 0 Å². The molecule has 0 spiro atoms. The molecule has 2 aliphatic rings. The predicted octanol–water partition coefficient (Wildman–Crippen LogP) is 0.463. The molecule has 2 fully saturated rings. The molecule has 2 saturated heterocycles. The van der Waals surface area contributed by atoms with Crippen molar-refractivity contribution in [1.29, 1.82) is 0 Å². The van der Waals surface area contributed by atoms with Gasteiger partial charge in [0.05, 0.1) is 5.92 Å². The van der Waals surface area contributed by atoms with E-state index < -0.39 is 5.54 Å². The van der Waals surface area contributed by atoms with Crippen molar-refractivity contribution in [3.8, 4) is 0 Å². The summed E-state index contributed by atoms with van der Waals surface area (Å²) in [6, 6.07) is 0. The molecule has 0 saturated carbocycles. The lowest BCUT2D eigenvalue weighted by Gasteiger charge is -2.43. The third-order valence-corrected chi connectivity index (χ3v) is 3.03. The first-order chi connectivity index (χ1) is 6.47. The van der Waals surface area contributed by atoms with Crippen molar-refractivity contribution in [3.63, 3.8) is 0 Å². The number of amides is 1. The van der Waals surface area contributed by atoms with E-state index >= 15 is 0 Å². The fourth-order valence-electron chi connectivity index (χ4n) is 2.40. The number of carbonyl (C=O) groups excluding carboxylic acids is 2. The van der Waals surface area contributed by atoms with E-state index in [0.717, 1.165) is 0 Å². The van der Waals surface area contributed by atoms with Crippen molar-refractivity contribution < 1.29 is 14.3 Å². The van der Waals surface area contributed by atoms with Gasteiger partial charge in [0.1, 0.15) is 6.10 Å². The number of carbonyl (C=O) groups is 2. The van der Waals surface area contributed by atoms with Gasteiger partial charge in [-0.15, -0.1) is 0 Å². The maximum Gasteiger partial charge on any atom is 0.336 e. The SMILES string of the molecule is CC(C)CC12NC(=O)C(C)C1OC2=O. The Balaban J connectivity index is 2.24. The topological polar surface area (TPSA) is 55.4 Å². The van der Waals surface area contributed by atoms with Crippen LogP contribution in [0, 0.1) is 11.8 Å². The molecule has 1 amide bonds. The van der Waals surface area contributed by atoms with Crippen LogP contribution in [0.25, 0.3) is 0 Å². The van der Waals surface area contributed by atoms with E-state index in [0.29, 0.717) is 12.3 Å². The first-order valence-electron chi connectivity index (χ1n) is 5.00. The van der Waals surface area contributed by atoms with E-state index in [1.165, 1.54) is 0 Å². The molecule has 0 aromatic heterocycles. The number of nitrogens with one attached hydrogen (secondary N) is 1. The molecule has 0 bridgehead atoms. The summed E-state index contributed by atoms with van der Waals surface area (Å²) in [6.45, 7) is 5.87. The molecule has 2 rings (SSSR count). The average Bonchev–Trinajstić information content (AvgIpc) is 2.26. The van der Waals surface area contributed by atoms with Crippen molar-refractivity contribution in [2.45, 2.75) is 38.8 Å². The van der Waals surface area contributed by atoms with E-state index in [1.807, 2.05) is 13.8 Å². The maximum absolute atomic E-state index is 11.4. The lowest BCUT2D eigenvalue weighted by atomic mass is 9.79.